The molecule has 0 radical (unpaired) electrons. The molecule has 0 heterocycles. The van der Waals surface area contributed by atoms with Gasteiger partial charge in [0, 0.05) is 23.7 Å². The van der Waals surface area contributed by atoms with Gasteiger partial charge < -0.3 is 10.6 Å². The van der Waals surface area contributed by atoms with Crippen molar-refractivity contribution in [1.82, 2.24) is 5.32 Å². The van der Waals surface area contributed by atoms with E-state index in [0.717, 1.165) is 11.6 Å². The van der Waals surface area contributed by atoms with Crippen molar-refractivity contribution < 1.29 is 14.0 Å². The number of amides is 2. The highest BCUT2D eigenvalue weighted by molar-refractivity contribution is 6.30. The van der Waals surface area contributed by atoms with Gasteiger partial charge in [-0.1, -0.05) is 23.7 Å². The second kappa shape index (κ2) is 7.93. The summed E-state index contributed by atoms with van der Waals surface area (Å²) in [6.07, 6.45) is 0.593. The predicted octanol–water partition coefficient (Wildman–Crippen LogP) is 3.80. The van der Waals surface area contributed by atoms with Gasteiger partial charge in [0.1, 0.15) is 5.82 Å². The molecule has 0 unspecified atom stereocenters. The predicted molar refractivity (Wildman–Crippen MR) is 92.8 cm³/mol. The number of carbonyl (C=O) groups is 2. The van der Waals surface area contributed by atoms with Gasteiger partial charge in [0.15, 0.2) is 0 Å². The maximum atomic E-state index is 13.9. The van der Waals surface area contributed by atoms with Gasteiger partial charge in [-0.3, -0.25) is 9.59 Å². The van der Waals surface area contributed by atoms with Crippen LogP contribution in [0.2, 0.25) is 5.02 Å². The van der Waals surface area contributed by atoms with Gasteiger partial charge in [0.05, 0.1) is 5.56 Å². The minimum atomic E-state index is -0.639. The summed E-state index contributed by atoms with van der Waals surface area (Å²) in [6, 6.07) is 11.0. The SMILES string of the molecule is CC(=O)Nc1ccc(F)c(C(=O)N[C@@H](C)Cc2ccc(Cl)cc2)c1. The average molecular weight is 349 g/mol. The van der Waals surface area contributed by atoms with E-state index in [9.17, 15) is 14.0 Å². The number of rotatable bonds is 5. The van der Waals surface area contributed by atoms with Crippen LogP contribution in [0.4, 0.5) is 10.1 Å². The smallest absolute Gasteiger partial charge is 0.254 e. The molecule has 0 aliphatic heterocycles. The Morgan fingerprint density at radius 1 is 1.17 bits per heavy atom. The van der Waals surface area contributed by atoms with Crippen LogP contribution in [-0.2, 0) is 11.2 Å². The van der Waals surface area contributed by atoms with Gasteiger partial charge in [-0.2, -0.15) is 0 Å². The van der Waals surface area contributed by atoms with Crippen LogP contribution >= 0.6 is 11.6 Å². The topological polar surface area (TPSA) is 58.2 Å². The molecule has 1 atom stereocenters. The number of benzene rings is 2. The van der Waals surface area contributed by atoms with Gasteiger partial charge in [-0.25, -0.2) is 4.39 Å². The van der Waals surface area contributed by atoms with Gasteiger partial charge in [0.2, 0.25) is 5.91 Å². The van der Waals surface area contributed by atoms with Crippen LogP contribution in [-0.4, -0.2) is 17.9 Å². The first-order valence-corrected chi connectivity index (χ1v) is 7.85. The summed E-state index contributed by atoms with van der Waals surface area (Å²) in [7, 11) is 0. The van der Waals surface area contributed by atoms with Crippen LogP contribution in [0.5, 0.6) is 0 Å². The van der Waals surface area contributed by atoms with Crippen molar-refractivity contribution in [1.29, 1.82) is 0 Å². The Kier molecular flexibility index (Phi) is 5.93. The van der Waals surface area contributed by atoms with Crippen molar-refractivity contribution in [3.8, 4) is 0 Å². The molecule has 0 saturated heterocycles. The fourth-order valence-electron chi connectivity index (χ4n) is 2.31. The Bertz CT molecular complexity index is 747. The molecule has 0 bridgehead atoms. The van der Waals surface area contributed by atoms with E-state index in [0.29, 0.717) is 17.1 Å². The first kappa shape index (κ1) is 17.9. The lowest BCUT2D eigenvalue weighted by atomic mass is 10.1. The summed E-state index contributed by atoms with van der Waals surface area (Å²) in [5.41, 5.74) is 1.28. The maximum Gasteiger partial charge on any atom is 0.254 e. The Hall–Kier alpha value is -2.40. The molecule has 0 spiro atoms. The fraction of sp³-hybridized carbons (Fsp3) is 0.222. The molecule has 0 fully saturated rings. The van der Waals surface area contributed by atoms with Crippen molar-refractivity contribution >= 4 is 29.1 Å². The zero-order valence-electron chi connectivity index (χ0n) is 13.4. The van der Waals surface area contributed by atoms with E-state index in [-0.39, 0.29) is 17.5 Å². The van der Waals surface area contributed by atoms with E-state index < -0.39 is 11.7 Å². The zero-order chi connectivity index (χ0) is 17.7. The number of carbonyl (C=O) groups excluding carboxylic acids is 2. The Morgan fingerprint density at radius 3 is 2.46 bits per heavy atom. The Balaban J connectivity index is 2.05. The van der Waals surface area contributed by atoms with E-state index >= 15 is 0 Å². The highest BCUT2D eigenvalue weighted by Crippen LogP contribution is 2.16. The van der Waals surface area contributed by atoms with Crippen LogP contribution in [0.3, 0.4) is 0 Å². The summed E-state index contributed by atoms with van der Waals surface area (Å²) in [5.74, 6) is -1.45. The number of hydrogen-bond donors (Lipinski definition) is 2. The summed E-state index contributed by atoms with van der Waals surface area (Å²) in [5, 5.41) is 5.93. The molecule has 2 rings (SSSR count). The molecule has 126 valence electrons. The van der Waals surface area contributed by atoms with Crippen LogP contribution in [0.1, 0.15) is 29.8 Å². The van der Waals surface area contributed by atoms with Gasteiger partial charge in [0.25, 0.3) is 5.91 Å². The third kappa shape index (κ3) is 5.06. The van der Waals surface area contributed by atoms with Crippen LogP contribution < -0.4 is 10.6 Å². The summed E-state index contributed by atoms with van der Waals surface area (Å²) < 4.78 is 13.9. The number of nitrogens with one attached hydrogen (secondary N) is 2. The molecule has 0 aromatic heterocycles. The average Bonchev–Trinajstić information content (AvgIpc) is 2.51. The lowest BCUT2D eigenvalue weighted by molar-refractivity contribution is -0.114. The Labute approximate surface area is 145 Å². The first-order valence-electron chi connectivity index (χ1n) is 7.47. The van der Waals surface area contributed by atoms with E-state index in [1.54, 1.807) is 12.1 Å². The lowest BCUT2D eigenvalue weighted by Crippen LogP contribution is -2.34. The molecule has 0 saturated carbocycles. The largest absolute Gasteiger partial charge is 0.349 e. The van der Waals surface area contributed by atoms with Crippen LogP contribution in [0.15, 0.2) is 42.5 Å². The molecule has 0 aliphatic rings. The standard InChI is InChI=1S/C18H18ClFN2O2/c1-11(9-13-3-5-14(19)6-4-13)21-18(24)16-10-15(22-12(2)23)7-8-17(16)20/h3-8,10-11H,9H2,1-2H3,(H,21,24)(H,22,23)/t11-/m0/s1. The second-order valence-electron chi connectivity index (χ2n) is 5.58. The molecule has 24 heavy (non-hydrogen) atoms. The number of hydrogen-bond acceptors (Lipinski definition) is 2. The molecular weight excluding hydrogens is 331 g/mol. The van der Waals surface area contributed by atoms with Crippen molar-refractivity contribution in [3.05, 3.63) is 64.4 Å². The summed E-state index contributed by atoms with van der Waals surface area (Å²) in [6.45, 7) is 3.18. The second-order valence-corrected chi connectivity index (χ2v) is 6.02. The quantitative estimate of drug-likeness (QED) is 0.863. The molecule has 2 aromatic rings. The normalized spacial score (nSPS) is 11.7. The molecule has 4 nitrogen and oxygen atoms in total. The van der Waals surface area contributed by atoms with Crippen molar-refractivity contribution in [3.63, 3.8) is 0 Å². The molecular formula is C18H18ClFN2O2. The number of halogens is 2. The van der Waals surface area contributed by atoms with Crippen molar-refractivity contribution in [2.24, 2.45) is 0 Å². The molecule has 6 heteroatoms. The summed E-state index contributed by atoms with van der Waals surface area (Å²) >= 11 is 5.84. The van der Waals surface area contributed by atoms with Crippen molar-refractivity contribution in [2.45, 2.75) is 26.3 Å². The maximum absolute atomic E-state index is 13.9. The van der Waals surface area contributed by atoms with E-state index in [4.69, 9.17) is 11.6 Å². The monoisotopic (exact) mass is 348 g/mol. The summed E-state index contributed by atoms with van der Waals surface area (Å²) in [4.78, 5) is 23.3. The molecule has 2 amide bonds. The van der Waals surface area contributed by atoms with E-state index in [2.05, 4.69) is 10.6 Å². The highest BCUT2D eigenvalue weighted by Gasteiger charge is 2.15. The van der Waals surface area contributed by atoms with Gasteiger partial charge in [-0.05, 0) is 49.2 Å². The number of anilines is 1. The first-order chi connectivity index (χ1) is 11.3. The van der Waals surface area contributed by atoms with Gasteiger partial charge in [-0.15, -0.1) is 0 Å². The zero-order valence-corrected chi connectivity index (χ0v) is 14.2. The minimum Gasteiger partial charge on any atom is -0.349 e. The van der Waals surface area contributed by atoms with Crippen LogP contribution in [0, 0.1) is 5.82 Å². The molecule has 2 aromatic carbocycles. The lowest BCUT2D eigenvalue weighted by Gasteiger charge is -2.15. The van der Waals surface area contributed by atoms with E-state index in [1.807, 2.05) is 19.1 Å². The van der Waals surface area contributed by atoms with Crippen molar-refractivity contribution in [2.75, 3.05) is 5.32 Å². The third-order valence-electron chi connectivity index (χ3n) is 3.36. The van der Waals surface area contributed by atoms with Gasteiger partial charge >= 0.3 is 0 Å². The molecule has 0 aliphatic carbocycles. The fourth-order valence-corrected chi connectivity index (χ4v) is 2.43. The minimum absolute atomic E-state index is 0.107. The molecule has 2 N–H and O–H groups in total. The highest BCUT2D eigenvalue weighted by atomic mass is 35.5. The Morgan fingerprint density at radius 2 is 1.83 bits per heavy atom. The third-order valence-corrected chi connectivity index (χ3v) is 3.62. The van der Waals surface area contributed by atoms with E-state index in [1.165, 1.54) is 19.1 Å². The van der Waals surface area contributed by atoms with Crippen LogP contribution in [0.25, 0.3) is 0 Å².